The number of hydrogen-bond donors (Lipinski definition) is 2. The molecule has 0 bridgehead atoms. The molecule has 1 aliphatic heterocycles. The van der Waals surface area contributed by atoms with Crippen LogP contribution in [0.2, 0.25) is 0 Å². The van der Waals surface area contributed by atoms with E-state index >= 15 is 0 Å². The zero-order valence-corrected chi connectivity index (χ0v) is 12.3. The highest BCUT2D eigenvalue weighted by molar-refractivity contribution is 9.10. The van der Waals surface area contributed by atoms with E-state index in [2.05, 4.69) is 21.4 Å². The molecular formula is C12H16BrFN2OS. The van der Waals surface area contributed by atoms with E-state index in [1.807, 2.05) is 17.8 Å². The Kier molecular flexibility index (Phi) is 5.44. The van der Waals surface area contributed by atoms with E-state index in [4.69, 9.17) is 10.6 Å². The Morgan fingerprint density at radius 3 is 3.00 bits per heavy atom. The summed E-state index contributed by atoms with van der Waals surface area (Å²) in [6.07, 6.45) is 0.730. The molecule has 2 atom stereocenters. The highest BCUT2D eigenvalue weighted by atomic mass is 79.9. The van der Waals surface area contributed by atoms with Gasteiger partial charge in [-0.05, 0) is 30.2 Å². The number of nitrogens with one attached hydrogen (secondary N) is 1. The summed E-state index contributed by atoms with van der Waals surface area (Å²) < 4.78 is 19.7. The third-order valence-corrected chi connectivity index (χ3v) is 4.36. The van der Waals surface area contributed by atoms with Crippen molar-refractivity contribution in [2.45, 2.75) is 18.6 Å². The summed E-state index contributed by atoms with van der Waals surface area (Å²) in [7, 11) is 0. The molecule has 3 N–H and O–H groups in total. The van der Waals surface area contributed by atoms with Crippen molar-refractivity contribution in [3.8, 4) is 0 Å². The smallest absolute Gasteiger partial charge is 0.124 e. The predicted molar refractivity (Wildman–Crippen MR) is 76.0 cm³/mol. The third-order valence-electron chi connectivity index (χ3n) is 2.88. The Hall–Kier alpha value is -0.140. The first kappa shape index (κ1) is 14.3. The number of nitrogens with two attached hydrogens (primary N) is 1. The minimum absolute atomic E-state index is 0.00602. The summed E-state index contributed by atoms with van der Waals surface area (Å²) in [6.45, 7) is 0.750. The highest BCUT2D eigenvalue weighted by Gasteiger charge is 2.24. The minimum Gasteiger partial charge on any atom is -0.375 e. The topological polar surface area (TPSA) is 47.3 Å². The molecule has 0 spiro atoms. The number of benzene rings is 1. The number of ether oxygens (including phenoxy) is 1. The van der Waals surface area contributed by atoms with Gasteiger partial charge in [-0.3, -0.25) is 11.3 Å². The molecule has 2 unspecified atom stereocenters. The second-order valence-electron chi connectivity index (χ2n) is 4.24. The molecule has 1 aromatic carbocycles. The van der Waals surface area contributed by atoms with E-state index in [1.165, 1.54) is 12.1 Å². The molecule has 6 heteroatoms. The molecule has 1 aromatic rings. The van der Waals surface area contributed by atoms with Crippen LogP contribution in [0.5, 0.6) is 0 Å². The Balaban J connectivity index is 2.04. The fourth-order valence-electron chi connectivity index (χ4n) is 2.02. The van der Waals surface area contributed by atoms with E-state index in [0.717, 1.165) is 28.1 Å². The lowest BCUT2D eigenvalue weighted by atomic mass is 10.0. The standard InChI is InChI=1S/C12H16BrFN2OS/c13-9-3-8(4-10(14)6-9)5-11(16-15)12-7-18-2-1-17-12/h3-4,6,11-12,16H,1-2,5,7,15H2. The van der Waals surface area contributed by atoms with Gasteiger partial charge in [0, 0.05) is 16.0 Å². The molecule has 1 fully saturated rings. The summed E-state index contributed by atoms with van der Waals surface area (Å²) in [5, 5.41) is 0. The Labute approximate surface area is 119 Å². The quantitative estimate of drug-likeness (QED) is 0.653. The molecule has 18 heavy (non-hydrogen) atoms. The summed E-state index contributed by atoms with van der Waals surface area (Å²) >= 11 is 5.15. The SMILES string of the molecule is NNC(Cc1cc(F)cc(Br)c1)C1CSCCO1. The van der Waals surface area contributed by atoms with Gasteiger partial charge >= 0.3 is 0 Å². The minimum atomic E-state index is -0.242. The fraction of sp³-hybridized carbons (Fsp3) is 0.500. The molecule has 0 aliphatic carbocycles. The van der Waals surface area contributed by atoms with Crippen molar-refractivity contribution < 1.29 is 9.13 Å². The first-order valence-corrected chi connectivity index (χ1v) is 7.74. The van der Waals surface area contributed by atoms with Crippen LogP contribution in [0.15, 0.2) is 22.7 Å². The van der Waals surface area contributed by atoms with Crippen molar-refractivity contribution in [1.82, 2.24) is 5.43 Å². The molecule has 0 aromatic heterocycles. The first-order valence-electron chi connectivity index (χ1n) is 5.79. The van der Waals surface area contributed by atoms with Gasteiger partial charge < -0.3 is 4.74 Å². The normalized spacial score (nSPS) is 21.8. The fourth-order valence-corrected chi connectivity index (χ4v) is 3.47. The first-order chi connectivity index (χ1) is 8.69. The predicted octanol–water partition coefficient (Wildman–Crippen LogP) is 2.09. The van der Waals surface area contributed by atoms with Crippen LogP contribution >= 0.6 is 27.7 Å². The molecule has 1 heterocycles. The zero-order chi connectivity index (χ0) is 13.0. The van der Waals surface area contributed by atoms with Gasteiger partial charge in [0.2, 0.25) is 0 Å². The van der Waals surface area contributed by atoms with E-state index in [9.17, 15) is 4.39 Å². The van der Waals surface area contributed by atoms with Crippen molar-refractivity contribution in [1.29, 1.82) is 0 Å². The molecule has 3 nitrogen and oxygen atoms in total. The molecule has 1 aliphatic rings. The van der Waals surface area contributed by atoms with Crippen molar-refractivity contribution in [3.63, 3.8) is 0 Å². The van der Waals surface area contributed by atoms with Gasteiger partial charge in [-0.2, -0.15) is 11.8 Å². The monoisotopic (exact) mass is 334 g/mol. The Morgan fingerprint density at radius 2 is 2.39 bits per heavy atom. The molecule has 100 valence electrons. The van der Waals surface area contributed by atoms with Gasteiger partial charge in [-0.15, -0.1) is 0 Å². The molecular weight excluding hydrogens is 319 g/mol. The summed E-state index contributed by atoms with van der Waals surface area (Å²) in [6, 6.07) is 4.89. The lowest BCUT2D eigenvalue weighted by Crippen LogP contribution is -2.49. The second-order valence-corrected chi connectivity index (χ2v) is 6.30. The summed E-state index contributed by atoms with van der Waals surface area (Å²) in [5.41, 5.74) is 3.69. The maximum absolute atomic E-state index is 13.3. The van der Waals surface area contributed by atoms with Crippen LogP contribution in [0.4, 0.5) is 4.39 Å². The van der Waals surface area contributed by atoms with Crippen LogP contribution in [-0.4, -0.2) is 30.3 Å². The number of hydrogen-bond acceptors (Lipinski definition) is 4. The van der Waals surface area contributed by atoms with Gasteiger partial charge in [0.05, 0.1) is 18.8 Å². The van der Waals surface area contributed by atoms with Crippen LogP contribution in [0.25, 0.3) is 0 Å². The lowest BCUT2D eigenvalue weighted by Gasteiger charge is -2.29. The maximum atomic E-state index is 13.3. The van der Waals surface area contributed by atoms with E-state index in [-0.39, 0.29) is 18.0 Å². The zero-order valence-electron chi connectivity index (χ0n) is 9.86. The van der Waals surface area contributed by atoms with Crippen molar-refractivity contribution in [2.24, 2.45) is 5.84 Å². The Morgan fingerprint density at radius 1 is 1.56 bits per heavy atom. The van der Waals surface area contributed by atoms with Crippen LogP contribution < -0.4 is 11.3 Å². The van der Waals surface area contributed by atoms with Gasteiger partial charge in [0.1, 0.15) is 5.82 Å². The molecule has 0 radical (unpaired) electrons. The lowest BCUT2D eigenvalue weighted by molar-refractivity contribution is 0.0472. The second kappa shape index (κ2) is 6.86. The molecule has 2 rings (SSSR count). The number of halogens is 2. The Bertz CT molecular complexity index is 381. The molecule has 0 amide bonds. The van der Waals surface area contributed by atoms with Crippen molar-refractivity contribution in [3.05, 3.63) is 34.1 Å². The molecule has 1 saturated heterocycles. The number of thioether (sulfide) groups is 1. The third kappa shape index (κ3) is 3.93. The highest BCUT2D eigenvalue weighted by Crippen LogP contribution is 2.20. The largest absolute Gasteiger partial charge is 0.375 e. The average molecular weight is 335 g/mol. The van der Waals surface area contributed by atoms with Crippen molar-refractivity contribution in [2.75, 3.05) is 18.1 Å². The maximum Gasteiger partial charge on any atom is 0.124 e. The number of rotatable bonds is 4. The van der Waals surface area contributed by atoms with E-state index in [1.54, 1.807) is 0 Å². The van der Waals surface area contributed by atoms with Gasteiger partial charge in [-0.25, -0.2) is 4.39 Å². The van der Waals surface area contributed by atoms with Gasteiger partial charge in [0.15, 0.2) is 0 Å². The van der Waals surface area contributed by atoms with Gasteiger partial charge in [-0.1, -0.05) is 15.9 Å². The number of hydrazine groups is 1. The van der Waals surface area contributed by atoms with Gasteiger partial charge in [0.25, 0.3) is 0 Å². The average Bonchev–Trinajstić information content (AvgIpc) is 2.36. The van der Waals surface area contributed by atoms with Crippen molar-refractivity contribution >= 4 is 27.7 Å². The van der Waals surface area contributed by atoms with Crippen LogP contribution in [-0.2, 0) is 11.2 Å². The van der Waals surface area contributed by atoms with E-state index in [0.29, 0.717) is 6.42 Å². The van der Waals surface area contributed by atoms with Crippen LogP contribution in [0.1, 0.15) is 5.56 Å². The summed E-state index contributed by atoms with van der Waals surface area (Å²) in [4.78, 5) is 0. The van der Waals surface area contributed by atoms with Crippen LogP contribution in [0, 0.1) is 5.82 Å². The molecule has 0 saturated carbocycles. The summed E-state index contributed by atoms with van der Waals surface area (Å²) in [5.74, 6) is 7.29. The van der Waals surface area contributed by atoms with E-state index < -0.39 is 0 Å². The van der Waals surface area contributed by atoms with Crippen LogP contribution in [0.3, 0.4) is 0 Å².